The smallest absolute Gasteiger partial charge is 0.340 e. The maximum absolute atomic E-state index is 11.6. The molecule has 2 rings (SSSR count). The predicted molar refractivity (Wildman–Crippen MR) is 73.8 cm³/mol. The van der Waals surface area contributed by atoms with Crippen LogP contribution in [0.15, 0.2) is 12.3 Å². The Morgan fingerprint density at radius 2 is 1.90 bits per heavy atom. The first-order valence-electron chi connectivity index (χ1n) is 6.25. The topological polar surface area (TPSA) is 86.9 Å². The Kier molecular flexibility index (Phi) is 4.41. The van der Waals surface area contributed by atoms with Gasteiger partial charge >= 0.3 is 5.97 Å². The summed E-state index contributed by atoms with van der Waals surface area (Å²) in [5, 5.41) is 0. The number of carbonyl (C=O) groups is 1. The molecule has 1 aromatic heterocycles. The second-order valence-electron chi connectivity index (χ2n) is 4.57. The molecule has 1 aliphatic heterocycles. The van der Waals surface area contributed by atoms with Crippen molar-refractivity contribution >= 4 is 17.5 Å². The lowest BCUT2D eigenvalue weighted by Crippen LogP contribution is -2.27. The zero-order valence-electron chi connectivity index (χ0n) is 11.8. The van der Waals surface area contributed by atoms with Crippen molar-refractivity contribution in [1.29, 1.82) is 0 Å². The first kappa shape index (κ1) is 14.5. The normalized spacial score (nSPS) is 22.1. The van der Waals surface area contributed by atoms with Gasteiger partial charge in [-0.05, 0) is 6.07 Å². The highest BCUT2D eigenvalue weighted by Crippen LogP contribution is 2.24. The summed E-state index contributed by atoms with van der Waals surface area (Å²) in [5.41, 5.74) is 6.35. The van der Waals surface area contributed by atoms with Gasteiger partial charge in [0.05, 0.1) is 24.6 Å². The van der Waals surface area contributed by atoms with E-state index in [1.54, 1.807) is 20.3 Å². The minimum absolute atomic E-state index is 0.0269. The Labute approximate surface area is 117 Å². The average molecular weight is 281 g/mol. The van der Waals surface area contributed by atoms with E-state index in [9.17, 15) is 4.79 Å². The maximum atomic E-state index is 11.6. The molecule has 0 aliphatic carbocycles. The number of methoxy groups -OCH3 is 3. The van der Waals surface area contributed by atoms with Crippen molar-refractivity contribution in [1.82, 2.24) is 4.98 Å². The molecule has 7 nitrogen and oxygen atoms in total. The second-order valence-corrected chi connectivity index (χ2v) is 4.57. The molecule has 2 N–H and O–H groups in total. The molecule has 0 amide bonds. The molecule has 1 aromatic rings. The first-order chi connectivity index (χ1) is 9.60. The van der Waals surface area contributed by atoms with Crippen LogP contribution in [0.4, 0.5) is 11.5 Å². The standard InChI is InChI=1S/C13H19N3O4/c1-18-10-6-16(7-11(10)19-2)12-4-8(13(17)20-3)9(14)5-15-12/h4-5,10-11H,6-7,14H2,1-3H3. The average Bonchev–Trinajstić information content (AvgIpc) is 2.90. The van der Waals surface area contributed by atoms with Crippen molar-refractivity contribution < 1.29 is 19.0 Å². The van der Waals surface area contributed by atoms with Gasteiger partial charge in [-0.1, -0.05) is 0 Å². The van der Waals surface area contributed by atoms with Gasteiger partial charge < -0.3 is 24.8 Å². The van der Waals surface area contributed by atoms with Gasteiger partial charge in [0.25, 0.3) is 0 Å². The maximum Gasteiger partial charge on any atom is 0.340 e. The van der Waals surface area contributed by atoms with Crippen LogP contribution < -0.4 is 10.6 Å². The zero-order chi connectivity index (χ0) is 14.7. The fourth-order valence-electron chi connectivity index (χ4n) is 2.30. The van der Waals surface area contributed by atoms with Crippen LogP contribution in [0.2, 0.25) is 0 Å². The van der Waals surface area contributed by atoms with Crippen LogP contribution in [-0.2, 0) is 14.2 Å². The molecule has 1 fully saturated rings. The van der Waals surface area contributed by atoms with Gasteiger partial charge in [-0.15, -0.1) is 0 Å². The molecule has 0 radical (unpaired) electrons. The summed E-state index contributed by atoms with van der Waals surface area (Å²) in [6, 6.07) is 1.63. The molecule has 2 heterocycles. The number of nitrogens with two attached hydrogens (primary N) is 1. The molecule has 0 spiro atoms. The highest BCUT2D eigenvalue weighted by Gasteiger charge is 2.34. The third-order valence-electron chi connectivity index (χ3n) is 3.47. The van der Waals surface area contributed by atoms with E-state index < -0.39 is 5.97 Å². The first-order valence-corrected chi connectivity index (χ1v) is 6.25. The van der Waals surface area contributed by atoms with E-state index in [2.05, 4.69) is 4.98 Å². The number of carbonyl (C=O) groups excluding carboxylic acids is 1. The molecular formula is C13H19N3O4. The predicted octanol–water partition coefficient (Wildman–Crippen LogP) is 0.300. The van der Waals surface area contributed by atoms with Gasteiger partial charge in [0.15, 0.2) is 0 Å². The van der Waals surface area contributed by atoms with Crippen molar-refractivity contribution in [3.05, 3.63) is 17.8 Å². The number of pyridine rings is 1. The third kappa shape index (κ3) is 2.68. The van der Waals surface area contributed by atoms with Gasteiger partial charge in [0.1, 0.15) is 18.0 Å². The van der Waals surface area contributed by atoms with Crippen molar-refractivity contribution in [2.75, 3.05) is 45.1 Å². The van der Waals surface area contributed by atoms with Gasteiger partial charge in [-0.2, -0.15) is 0 Å². The van der Waals surface area contributed by atoms with Gasteiger partial charge in [-0.3, -0.25) is 0 Å². The summed E-state index contributed by atoms with van der Waals surface area (Å²) < 4.78 is 15.5. The quantitative estimate of drug-likeness (QED) is 0.794. The Morgan fingerprint density at radius 3 is 2.40 bits per heavy atom. The van der Waals surface area contributed by atoms with Crippen molar-refractivity contribution in [3.63, 3.8) is 0 Å². The second kappa shape index (κ2) is 6.06. The van der Waals surface area contributed by atoms with Crippen molar-refractivity contribution in [2.24, 2.45) is 0 Å². The van der Waals surface area contributed by atoms with E-state index in [-0.39, 0.29) is 12.2 Å². The summed E-state index contributed by atoms with van der Waals surface area (Å²) in [7, 11) is 4.62. The summed E-state index contributed by atoms with van der Waals surface area (Å²) in [6.07, 6.45) is 1.41. The van der Waals surface area contributed by atoms with Gasteiger partial charge in [0, 0.05) is 27.3 Å². The number of hydrogen-bond donors (Lipinski definition) is 1. The fraction of sp³-hybridized carbons (Fsp3) is 0.538. The number of rotatable bonds is 4. The molecule has 7 heteroatoms. The summed E-state index contributed by atoms with van der Waals surface area (Å²) in [6.45, 7) is 1.29. The van der Waals surface area contributed by atoms with E-state index in [4.69, 9.17) is 19.9 Å². The number of hydrogen-bond acceptors (Lipinski definition) is 7. The van der Waals surface area contributed by atoms with E-state index in [1.165, 1.54) is 13.3 Å². The molecule has 0 saturated carbocycles. The van der Waals surface area contributed by atoms with Crippen LogP contribution in [0.5, 0.6) is 0 Å². The number of nitrogen functional groups attached to an aromatic ring is 1. The number of aromatic nitrogens is 1. The summed E-state index contributed by atoms with van der Waals surface area (Å²) in [4.78, 5) is 17.9. The minimum atomic E-state index is -0.475. The zero-order valence-corrected chi connectivity index (χ0v) is 11.8. The number of esters is 1. The van der Waals surface area contributed by atoms with Gasteiger partial charge in [-0.25, -0.2) is 9.78 Å². The van der Waals surface area contributed by atoms with Crippen LogP contribution in [0, 0.1) is 0 Å². The van der Waals surface area contributed by atoms with Crippen LogP contribution in [0.3, 0.4) is 0 Å². The molecule has 1 aliphatic rings. The molecule has 2 unspecified atom stereocenters. The number of anilines is 2. The minimum Gasteiger partial charge on any atom is -0.465 e. The fourth-order valence-corrected chi connectivity index (χ4v) is 2.30. The van der Waals surface area contributed by atoms with Crippen LogP contribution >= 0.6 is 0 Å². The Bertz CT molecular complexity index is 483. The van der Waals surface area contributed by atoms with Crippen molar-refractivity contribution in [3.8, 4) is 0 Å². The molecular weight excluding hydrogens is 262 g/mol. The Morgan fingerprint density at radius 1 is 1.30 bits per heavy atom. The van der Waals surface area contributed by atoms with E-state index in [0.29, 0.717) is 30.2 Å². The SMILES string of the molecule is COC(=O)c1cc(N2CC(OC)C(OC)C2)ncc1N. The molecule has 0 bridgehead atoms. The van der Waals surface area contributed by atoms with Crippen LogP contribution in [-0.4, -0.2) is 57.6 Å². The molecule has 2 atom stereocenters. The largest absolute Gasteiger partial charge is 0.465 e. The lowest BCUT2D eigenvalue weighted by Gasteiger charge is -2.17. The van der Waals surface area contributed by atoms with Crippen LogP contribution in [0.25, 0.3) is 0 Å². The lowest BCUT2D eigenvalue weighted by molar-refractivity contribution is -0.00461. The number of nitrogens with zero attached hydrogens (tertiary/aromatic N) is 2. The highest BCUT2D eigenvalue weighted by molar-refractivity contribution is 5.95. The molecule has 0 aromatic carbocycles. The van der Waals surface area contributed by atoms with E-state index in [0.717, 1.165) is 0 Å². The number of ether oxygens (including phenoxy) is 3. The lowest BCUT2D eigenvalue weighted by atomic mass is 10.2. The molecule has 20 heavy (non-hydrogen) atoms. The third-order valence-corrected chi connectivity index (χ3v) is 3.47. The van der Waals surface area contributed by atoms with Crippen molar-refractivity contribution in [2.45, 2.75) is 12.2 Å². The van der Waals surface area contributed by atoms with Crippen LogP contribution in [0.1, 0.15) is 10.4 Å². The monoisotopic (exact) mass is 281 g/mol. The summed E-state index contributed by atoms with van der Waals surface area (Å²) in [5.74, 6) is 0.179. The molecule has 1 saturated heterocycles. The Balaban J connectivity index is 2.24. The summed E-state index contributed by atoms with van der Waals surface area (Å²) >= 11 is 0. The highest BCUT2D eigenvalue weighted by atomic mass is 16.5. The van der Waals surface area contributed by atoms with E-state index >= 15 is 0 Å². The molecule has 110 valence electrons. The Hall–Kier alpha value is -1.86. The van der Waals surface area contributed by atoms with Gasteiger partial charge in [0.2, 0.25) is 0 Å². The van der Waals surface area contributed by atoms with E-state index in [1.807, 2.05) is 4.90 Å².